The fourth-order valence-electron chi connectivity index (χ4n) is 2.54. The number of aromatic nitrogens is 3. The number of hydrogen-bond donors (Lipinski definition) is 2. The van der Waals surface area contributed by atoms with Gasteiger partial charge in [0.2, 0.25) is 0 Å². The van der Waals surface area contributed by atoms with Crippen LogP contribution in [0, 0.1) is 0 Å². The molecule has 0 saturated heterocycles. The van der Waals surface area contributed by atoms with Gasteiger partial charge in [0, 0.05) is 26.7 Å². The minimum Gasteiger partial charge on any atom is -0.347 e. The number of rotatable bonds is 6. The first-order valence-corrected chi connectivity index (χ1v) is 7.98. The van der Waals surface area contributed by atoms with Crippen molar-refractivity contribution in [3.05, 3.63) is 38.7 Å². The van der Waals surface area contributed by atoms with E-state index < -0.39 is 11.2 Å². The molecule has 0 radical (unpaired) electrons. The van der Waals surface area contributed by atoms with Gasteiger partial charge in [0.15, 0.2) is 0 Å². The standard InChI is InChI=1S/C16H23N5O3/c1-4-5-6-10(9-17)18-14(22)12-8-7-11-13(19-12)20(2)16(24)21(3)15(11)23/h7-8,10H,4-6,9,17H2,1-3H3,(H,18,22). The van der Waals surface area contributed by atoms with E-state index in [2.05, 4.69) is 17.2 Å². The van der Waals surface area contributed by atoms with Crippen LogP contribution in [0.3, 0.4) is 0 Å². The van der Waals surface area contributed by atoms with Crippen LogP contribution in [0.1, 0.15) is 36.7 Å². The maximum absolute atomic E-state index is 12.4. The SMILES string of the molecule is CCCCC(CN)NC(=O)c1ccc2c(=O)n(C)c(=O)n(C)c2n1. The van der Waals surface area contributed by atoms with Crippen molar-refractivity contribution < 1.29 is 4.79 Å². The van der Waals surface area contributed by atoms with E-state index in [4.69, 9.17) is 5.73 Å². The number of unbranched alkanes of at least 4 members (excludes halogenated alkanes) is 1. The molecule has 0 bridgehead atoms. The molecule has 0 fully saturated rings. The van der Waals surface area contributed by atoms with Crippen molar-refractivity contribution in [2.45, 2.75) is 32.2 Å². The normalized spacial score (nSPS) is 12.3. The number of amides is 1. The molecule has 2 aromatic heterocycles. The molecule has 130 valence electrons. The lowest BCUT2D eigenvalue weighted by Crippen LogP contribution is -2.41. The largest absolute Gasteiger partial charge is 0.347 e. The second-order valence-electron chi connectivity index (χ2n) is 5.82. The Bertz CT molecular complexity index is 868. The average molecular weight is 333 g/mol. The second-order valence-corrected chi connectivity index (χ2v) is 5.82. The third-order valence-corrected chi connectivity index (χ3v) is 4.06. The van der Waals surface area contributed by atoms with Crippen molar-refractivity contribution in [1.29, 1.82) is 0 Å². The summed E-state index contributed by atoms with van der Waals surface area (Å²) < 4.78 is 2.27. The number of carbonyl (C=O) groups excluding carboxylic acids is 1. The maximum atomic E-state index is 12.4. The highest BCUT2D eigenvalue weighted by atomic mass is 16.2. The molecule has 24 heavy (non-hydrogen) atoms. The van der Waals surface area contributed by atoms with E-state index >= 15 is 0 Å². The van der Waals surface area contributed by atoms with Gasteiger partial charge in [-0.1, -0.05) is 19.8 Å². The fraction of sp³-hybridized carbons (Fsp3) is 0.500. The van der Waals surface area contributed by atoms with E-state index in [1.54, 1.807) is 0 Å². The number of pyridine rings is 1. The minimum atomic E-state index is -0.486. The molecule has 0 aliphatic heterocycles. The summed E-state index contributed by atoms with van der Waals surface area (Å²) in [5.41, 5.74) is 5.11. The fourth-order valence-corrected chi connectivity index (χ4v) is 2.54. The summed E-state index contributed by atoms with van der Waals surface area (Å²) in [6.45, 7) is 2.42. The summed E-state index contributed by atoms with van der Waals surface area (Å²) in [5, 5.41) is 3.13. The Labute approximate surface area is 139 Å². The van der Waals surface area contributed by atoms with Gasteiger partial charge in [0.05, 0.1) is 5.39 Å². The van der Waals surface area contributed by atoms with Crippen molar-refractivity contribution in [1.82, 2.24) is 19.4 Å². The van der Waals surface area contributed by atoms with Crippen LogP contribution in [0.5, 0.6) is 0 Å². The number of fused-ring (bicyclic) bond motifs is 1. The van der Waals surface area contributed by atoms with Crippen LogP contribution >= 0.6 is 0 Å². The molecular formula is C16H23N5O3. The van der Waals surface area contributed by atoms with Crippen molar-refractivity contribution >= 4 is 16.9 Å². The predicted molar refractivity (Wildman–Crippen MR) is 92.1 cm³/mol. The van der Waals surface area contributed by atoms with Crippen LogP contribution in [0.4, 0.5) is 0 Å². The molecule has 2 rings (SSSR count). The van der Waals surface area contributed by atoms with Gasteiger partial charge in [0.1, 0.15) is 11.3 Å². The highest BCUT2D eigenvalue weighted by Gasteiger charge is 2.16. The van der Waals surface area contributed by atoms with E-state index in [0.29, 0.717) is 6.54 Å². The van der Waals surface area contributed by atoms with Crippen LogP contribution in [0.25, 0.3) is 11.0 Å². The van der Waals surface area contributed by atoms with Crippen molar-refractivity contribution in [3.8, 4) is 0 Å². The molecule has 8 heteroatoms. The highest BCUT2D eigenvalue weighted by Crippen LogP contribution is 2.07. The van der Waals surface area contributed by atoms with Gasteiger partial charge in [-0.3, -0.25) is 18.7 Å². The maximum Gasteiger partial charge on any atom is 0.332 e. The molecule has 0 aromatic carbocycles. The zero-order valence-electron chi connectivity index (χ0n) is 14.2. The molecule has 1 atom stereocenters. The summed E-state index contributed by atoms with van der Waals surface area (Å²) in [7, 11) is 2.92. The van der Waals surface area contributed by atoms with Gasteiger partial charge in [-0.15, -0.1) is 0 Å². The van der Waals surface area contributed by atoms with Crippen LogP contribution in [0.2, 0.25) is 0 Å². The number of nitrogens with two attached hydrogens (primary N) is 1. The van der Waals surface area contributed by atoms with Crippen molar-refractivity contribution in [2.24, 2.45) is 19.8 Å². The minimum absolute atomic E-state index is 0.123. The number of carbonyl (C=O) groups is 1. The summed E-state index contributed by atoms with van der Waals surface area (Å²) >= 11 is 0. The Morgan fingerprint density at radius 1 is 1.29 bits per heavy atom. The van der Waals surface area contributed by atoms with Gasteiger partial charge in [-0.2, -0.15) is 0 Å². The zero-order chi connectivity index (χ0) is 17.9. The van der Waals surface area contributed by atoms with E-state index in [9.17, 15) is 14.4 Å². The van der Waals surface area contributed by atoms with Crippen LogP contribution in [-0.4, -0.2) is 32.6 Å². The predicted octanol–water partition coefficient (Wildman–Crippen LogP) is -0.120. The van der Waals surface area contributed by atoms with Gasteiger partial charge in [0.25, 0.3) is 11.5 Å². The first-order chi connectivity index (χ1) is 11.4. The smallest absolute Gasteiger partial charge is 0.332 e. The van der Waals surface area contributed by atoms with Crippen molar-refractivity contribution in [3.63, 3.8) is 0 Å². The summed E-state index contributed by atoms with van der Waals surface area (Å²) in [4.78, 5) is 40.7. The lowest BCUT2D eigenvalue weighted by molar-refractivity contribution is 0.0931. The van der Waals surface area contributed by atoms with Gasteiger partial charge in [-0.25, -0.2) is 9.78 Å². The third-order valence-electron chi connectivity index (χ3n) is 4.06. The highest BCUT2D eigenvalue weighted by molar-refractivity contribution is 5.94. The Kier molecular flexibility index (Phi) is 5.50. The van der Waals surface area contributed by atoms with E-state index in [0.717, 1.165) is 23.8 Å². The topological polar surface area (TPSA) is 112 Å². The summed E-state index contributed by atoms with van der Waals surface area (Å²) in [6.07, 6.45) is 2.79. The number of hydrogen-bond acceptors (Lipinski definition) is 5. The monoisotopic (exact) mass is 333 g/mol. The Morgan fingerprint density at radius 3 is 2.62 bits per heavy atom. The molecule has 0 spiro atoms. The van der Waals surface area contributed by atoms with E-state index in [1.165, 1.54) is 30.8 Å². The third kappa shape index (κ3) is 3.38. The average Bonchev–Trinajstić information content (AvgIpc) is 2.60. The molecule has 2 aromatic rings. The zero-order valence-corrected chi connectivity index (χ0v) is 14.2. The molecule has 1 unspecified atom stereocenters. The number of nitrogens with zero attached hydrogens (tertiary/aromatic N) is 3. The first kappa shape index (κ1) is 17.9. The quantitative estimate of drug-likeness (QED) is 0.765. The Balaban J connectivity index is 2.39. The van der Waals surface area contributed by atoms with Gasteiger partial charge >= 0.3 is 5.69 Å². The second kappa shape index (κ2) is 7.39. The van der Waals surface area contributed by atoms with Gasteiger partial charge in [-0.05, 0) is 18.6 Å². The van der Waals surface area contributed by atoms with E-state index in [1.807, 2.05) is 0 Å². The number of aryl methyl sites for hydroxylation is 1. The van der Waals surface area contributed by atoms with Gasteiger partial charge < -0.3 is 11.1 Å². The lowest BCUT2D eigenvalue weighted by Gasteiger charge is -2.16. The number of nitrogens with one attached hydrogen (secondary N) is 1. The summed E-state index contributed by atoms with van der Waals surface area (Å²) in [5.74, 6) is -0.364. The van der Waals surface area contributed by atoms with E-state index in [-0.39, 0.29) is 28.7 Å². The van der Waals surface area contributed by atoms with Crippen LogP contribution < -0.4 is 22.3 Å². The Morgan fingerprint density at radius 2 is 2.00 bits per heavy atom. The Hall–Kier alpha value is -2.48. The molecule has 2 heterocycles. The van der Waals surface area contributed by atoms with Crippen LogP contribution in [0.15, 0.2) is 21.7 Å². The molecule has 8 nitrogen and oxygen atoms in total. The van der Waals surface area contributed by atoms with Crippen LogP contribution in [-0.2, 0) is 14.1 Å². The molecular weight excluding hydrogens is 310 g/mol. The molecule has 0 aliphatic rings. The molecule has 0 aliphatic carbocycles. The first-order valence-electron chi connectivity index (χ1n) is 7.98. The molecule has 1 amide bonds. The van der Waals surface area contributed by atoms with Crippen molar-refractivity contribution in [2.75, 3.05) is 6.54 Å². The molecule has 0 saturated carbocycles. The summed E-state index contributed by atoms with van der Waals surface area (Å²) in [6, 6.07) is 2.88. The lowest BCUT2D eigenvalue weighted by atomic mass is 10.1. The molecule has 3 N–H and O–H groups in total.